The molecule has 2 aliphatic heterocycles. The van der Waals surface area contributed by atoms with E-state index >= 15 is 0 Å². The van der Waals surface area contributed by atoms with Crippen molar-refractivity contribution >= 4 is 53.7 Å². The molecule has 0 aromatic heterocycles. The van der Waals surface area contributed by atoms with Crippen LogP contribution in [0, 0.1) is 153 Å². The second kappa shape index (κ2) is 76.4. The molecule has 140 heavy (non-hydrogen) atoms. The van der Waals surface area contributed by atoms with E-state index in [4.69, 9.17) is 47.4 Å². The van der Waals surface area contributed by atoms with Crippen LogP contribution in [0.15, 0.2) is 109 Å². The first kappa shape index (κ1) is 139. The molecule has 5 fully saturated rings. The van der Waals surface area contributed by atoms with Crippen LogP contribution in [0.25, 0.3) is 0 Å². The van der Waals surface area contributed by atoms with Gasteiger partial charge in [-0.2, -0.15) is 0 Å². The molecule has 21 heteroatoms. The number of allylic oxidation sites excluding steroid dienone is 8. The highest BCUT2D eigenvalue weighted by Gasteiger charge is 2.38. The number of methoxy groups -OCH3 is 10. The van der Waals surface area contributed by atoms with Gasteiger partial charge in [0.15, 0.2) is 0 Å². The maximum Gasteiger partial charge on any atom is 0.306 e. The van der Waals surface area contributed by atoms with Gasteiger partial charge in [0, 0.05) is 32.8 Å². The summed E-state index contributed by atoms with van der Waals surface area (Å²) in [5.41, 5.74) is 10.5. The van der Waals surface area contributed by atoms with Gasteiger partial charge in [-0.05, 0) is 212 Å². The third-order valence-corrected chi connectivity index (χ3v) is 29.8. The summed E-state index contributed by atoms with van der Waals surface area (Å²) < 4.78 is 58.7. The average molecular weight is 1980 g/mol. The van der Waals surface area contributed by atoms with Crippen molar-refractivity contribution in [3.8, 4) is 0 Å². The molecule has 5 rings (SSSR count). The largest absolute Gasteiger partial charge is 0.469 e. The van der Waals surface area contributed by atoms with Crippen molar-refractivity contribution in [2.75, 3.05) is 97.5 Å². The maximum absolute atomic E-state index is 11.5. The first-order chi connectivity index (χ1) is 65.2. The van der Waals surface area contributed by atoms with Gasteiger partial charge in [-0.15, -0.1) is 0 Å². The summed E-state index contributed by atoms with van der Waals surface area (Å²) in [5, 5.41) is 0. The van der Waals surface area contributed by atoms with Crippen LogP contribution < -0.4 is 0 Å². The van der Waals surface area contributed by atoms with Crippen molar-refractivity contribution in [3.63, 3.8) is 0 Å². The van der Waals surface area contributed by atoms with Gasteiger partial charge in [-0.25, -0.2) is 0 Å². The molecule has 12 unspecified atom stereocenters. The van der Waals surface area contributed by atoms with Crippen LogP contribution in [0.3, 0.4) is 0 Å². The molecule has 0 amide bonds. The zero-order valence-corrected chi connectivity index (χ0v) is 96.0. The topological polar surface area (TPSA) is 264 Å². The molecule has 0 aromatic rings. The Morgan fingerprint density at radius 3 is 0.721 bits per heavy atom. The summed E-state index contributed by atoms with van der Waals surface area (Å²) >= 11 is 0. The molecule has 812 valence electrons. The average Bonchev–Trinajstić information content (AvgIpc) is 1.12. The number of hydrogen-bond acceptors (Lipinski definition) is 21. The van der Waals surface area contributed by atoms with E-state index in [0.717, 1.165) is 80.0 Å². The highest BCUT2D eigenvalue weighted by atomic mass is 16.6. The smallest absolute Gasteiger partial charge is 0.306 e. The molecule has 0 N–H and O–H groups in total. The second-order valence-corrected chi connectivity index (χ2v) is 43.6. The van der Waals surface area contributed by atoms with Crippen LogP contribution in [0.4, 0.5) is 0 Å². The molecule has 12 atom stereocenters. The van der Waals surface area contributed by atoms with Crippen molar-refractivity contribution < 1.29 is 100.0 Å². The minimum Gasteiger partial charge on any atom is -0.469 e. The highest BCUT2D eigenvalue weighted by molar-refractivity contribution is 5.73. The number of carbonyl (C=O) groups excluding carboxylic acids is 9. The Bertz CT molecular complexity index is 3400. The SMILES string of the molecule is C=C(C(C)C)C(CC(=O)OC)C(C)(C)C.C=C(C(C)C)C(CC(=O)OC)C(C)C.C=C(C(C)C)C(CC(=O)OC)C(C)CC.C=C(C(C)C)C(CC(=O)OC)C(C)OC.C=C(C(C)C)C(CC(=O)OC)C1CCC1.C=C(C(C)C)C(CC(=O)OC)C1CCCC1.C=C(C(C)C)C(CC(=O)OC)C1CCCCC1.C=C(C(C)C)C(CC(=O)OC)C1CCOC1.C=C(C(C)C)C(CC(=O)OC)C1CCOCC1. The van der Waals surface area contributed by atoms with Crippen molar-refractivity contribution in [2.24, 2.45) is 153 Å². The number of hydrogen-bond donors (Lipinski definition) is 0. The summed E-state index contributed by atoms with van der Waals surface area (Å²) in [5.74, 6) is 8.47. The van der Waals surface area contributed by atoms with Gasteiger partial charge in [0.2, 0.25) is 0 Å². The predicted octanol–water partition coefficient (Wildman–Crippen LogP) is 28.2. The van der Waals surface area contributed by atoms with E-state index in [2.05, 4.69) is 242 Å². The fourth-order valence-corrected chi connectivity index (χ4v) is 18.4. The van der Waals surface area contributed by atoms with Crippen LogP contribution in [-0.2, 0) is 100.0 Å². The van der Waals surface area contributed by atoms with Gasteiger partial charge in [0.1, 0.15) is 0 Å². The summed E-state index contributed by atoms with van der Waals surface area (Å²) in [6.07, 6.45) is 23.5. The molecule has 0 spiro atoms. The predicted molar refractivity (Wildman–Crippen MR) is 575 cm³/mol. The number of esters is 9. The van der Waals surface area contributed by atoms with Crippen LogP contribution in [0.5, 0.6) is 0 Å². The van der Waals surface area contributed by atoms with Gasteiger partial charge in [-0.1, -0.05) is 327 Å². The Hall–Kier alpha value is -7.23. The second-order valence-electron chi connectivity index (χ2n) is 43.6. The number of carbonyl (C=O) groups is 9. The minimum absolute atomic E-state index is 0.0148. The lowest BCUT2D eigenvalue weighted by molar-refractivity contribution is -0.143. The zero-order chi connectivity index (χ0) is 109. The maximum atomic E-state index is 11.5. The third-order valence-electron chi connectivity index (χ3n) is 29.8. The van der Waals surface area contributed by atoms with Gasteiger partial charge < -0.3 is 56.8 Å². The summed E-state index contributed by atoms with van der Waals surface area (Å²) in [7, 11) is 14.6. The molecule has 2 heterocycles. The molecule has 3 saturated carbocycles. The minimum atomic E-state index is -0.217. The van der Waals surface area contributed by atoms with Gasteiger partial charge in [-0.3, -0.25) is 43.2 Å². The third kappa shape index (κ3) is 56.9. The Morgan fingerprint density at radius 1 is 0.264 bits per heavy atom. The first-order valence-electron chi connectivity index (χ1n) is 52.7. The fourth-order valence-electron chi connectivity index (χ4n) is 18.4. The molecular formula is C119H210O21. The molecule has 21 nitrogen and oxygen atoms in total. The van der Waals surface area contributed by atoms with E-state index in [9.17, 15) is 43.2 Å². The molecule has 3 aliphatic carbocycles. The van der Waals surface area contributed by atoms with Crippen LogP contribution in [0.1, 0.15) is 341 Å². The van der Waals surface area contributed by atoms with Crippen molar-refractivity contribution in [1.29, 1.82) is 0 Å². The van der Waals surface area contributed by atoms with Crippen molar-refractivity contribution in [3.05, 3.63) is 109 Å². The zero-order valence-electron chi connectivity index (χ0n) is 96.0. The van der Waals surface area contributed by atoms with Crippen molar-refractivity contribution in [2.45, 2.75) is 347 Å². The monoisotopic (exact) mass is 1980 g/mol. The Balaban J connectivity index is -0.000000744. The lowest BCUT2D eigenvalue weighted by Crippen LogP contribution is -2.28. The first-order valence-corrected chi connectivity index (χ1v) is 52.7. The van der Waals surface area contributed by atoms with Crippen LogP contribution in [0.2, 0.25) is 0 Å². The van der Waals surface area contributed by atoms with E-state index in [-0.39, 0.29) is 101 Å². The molecule has 0 radical (unpaired) electrons. The quantitative estimate of drug-likeness (QED) is 0.0311. The van der Waals surface area contributed by atoms with Gasteiger partial charge in [0.05, 0.1) is 134 Å². The number of rotatable bonds is 46. The van der Waals surface area contributed by atoms with E-state index in [1.54, 1.807) is 7.11 Å². The van der Waals surface area contributed by atoms with Crippen molar-refractivity contribution in [1.82, 2.24) is 0 Å². The van der Waals surface area contributed by atoms with E-state index in [0.29, 0.717) is 170 Å². The Kier molecular flexibility index (Phi) is 75.8. The fraction of sp³-hybridized carbons (Fsp3) is 0.773. The lowest BCUT2D eigenvalue weighted by Gasteiger charge is -2.35. The van der Waals surface area contributed by atoms with E-state index in [1.165, 1.54) is 163 Å². The standard InChI is InChI=1S/C15H26O2.C14H24O3.C14H24O2.C13H22O3.C13H22O2.2C13H24O2.C12H22O3.C12H22O2/c1-11(2)12(3)14(10-15(16)17-4)13-8-6-5-7-9-13;1-10(2)11(3)13(9-14(15)16-4)12-5-7-17-8-6-12;1-10(2)11(3)13(9-14(15)16-4)12-7-5-6-8-12;1-9(2)10(3)12(7-13(14)15-4)11-5-6-16-8-11;1-9(2)10(3)12(8-13(14)15-4)11-6-5-7-11;1-9(2)10(3)11(13(4,5)6)8-12(14)15-7;1-7-10(4)12(8-13(14)15-6)11(5)9(2)3;1-8(2)9(3)11(10(4)14-5)7-12(13)15-6;1-8(2)10(5)11(9(3)4)7-12(13)14-6/h11,13-14H,3,5-10H2,1-2,4H3;10,12-13H,3,5-9H2,1-2,4H3;10,12-13H,3,5-9H2,1-2,4H3;9,11-12H,3,5-8H2,1-2,4H3;9,11-12H,3,5-8H2,1-2,4H3;9,11H,3,8H2,1-2,4-7H3;9-10,12H,5,7-8H2,1-4,6H3;8,10-11H,3,7H2,1-2,4-6H3;8-9,11H,5,7H2,1-4,6H3. The summed E-state index contributed by atoms with van der Waals surface area (Å²) in [4.78, 5) is 102. The lowest BCUT2D eigenvalue weighted by atomic mass is 9.70. The molecule has 0 aromatic carbocycles. The van der Waals surface area contributed by atoms with E-state index < -0.39 is 0 Å². The normalized spacial score (nSPS) is 17.2. The van der Waals surface area contributed by atoms with Crippen LogP contribution >= 0.6 is 0 Å². The summed E-state index contributed by atoms with van der Waals surface area (Å²) in [6.45, 7) is 95.3. The molecule has 0 bridgehead atoms. The molecule has 5 aliphatic rings. The molecular weight excluding hydrogens is 1770 g/mol. The molecule has 2 saturated heterocycles. The van der Waals surface area contributed by atoms with Crippen LogP contribution in [-0.4, -0.2) is 157 Å². The van der Waals surface area contributed by atoms with E-state index in [1.807, 2.05) is 6.92 Å². The highest BCUT2D eigenvalue weighted by Crippen LogP contribution is 2.45. The number of ether oxygens (including phenoxy) is 12. The Labute approximate surface area is 855 Å². The Morgan fingerprint density at radius 2 is 0.486 bits per heavy atom. The van der Waals surface area contributed by atoms with Gasteiger partial charge in [0.25, 0.3) is 0 Å². The van der Waals surface area contributed by atoms with Gasteiger partial charge >= 0.3 is 53.7 Å². The summed E-state index contributed by atoms with van der Waals surface area (Å²) in [6, 6.07) is 0.